The van der Waals surface area contributed by atoms with Crippen LogP contribution < -0.4 is 10.8 Å². The number of rotatable bonds is 5. The number of hydrogen-bond donors (Lipinski definition) is 3. The Balaban J connectivity index is 2.51. The second-order valence-corrected chi connectivity index (χ2v) is 3.64. The molecule has 4 nitrogen and oxygen atoms in total. The topological polar surface area (TPSA) is 69.6 Å². The lowest BCUT2D eigenvalue weighted by Crippen LogP contribution is -2.30. The quantitative estimate of drug-likeness (QED) is 0.583. The van der Waals surface area contributed by atoms with Crippen LogP contribution in [0.1, 0.15) is 18.9 Å². The molecule has 1 aromatic rings. The Bertz CT molecular complexity index is 338. The maximum Gasteiger partial charge on any atom is 0.488 e. The summed E-state index contributed by atoms with van der Waals surface area (Å²) in [6, 6.07) is 6.65. The normalized spacial score (nSPS) is 9.94. The summed E-state index contributed by atoms with van der Waals surface area (Å²) in [6.45, 7) is 2.68. The van der Waals surface area contributed by atoms with E-state index in [-0.39, 0.29) is 5.91 Å². The van der Waals surface area contributed by atoms with Crippen LogP contribution in [-0.2, 0) is 11.2 Å². The highest BCUT2D eigenvalue weighted by Crippen LogP contribution is 1.98. The summed E-state index contributed by atoms with van der Waals surface area (Å²) < 4.78 is 0. The van der Waals surface area contributed by atoms with Gasteiger partial charge in [-0.25, -0.2) is 0 Å². The number of amides is 1. The first-order chi connectivity index (χ1) is 7.63. The summed E-state index contributed by atoms with van der Waals surface area (Å²) in [7, 11) is -1.46. The molecule has 5 heteroatoms. The zero-order chi connectivity index (χ0) is 12.0. The highest BCUT2D eigenvalue weighted by atomic mass is 16.4. The van der Waals surface area contributed by atoms with E-state index in [1.54, 1.807) is 24.3 Å². The van der Waals surface area contributed by atoms with Gasteiger partial charge in [-0.15, -0.1) is 0 Å². The van der Waals surface area contributed by atoms with Crippen LogP contribution in [0.5, 0.6) is 0 Å². The molecule has 0 unspecified atom stereocenters. The van der Waals surface area contributed by atoms with Crippen molar-refractivity contribution in [3.8, 4) is 0 Å². The van der Waals surface area contributed by atoms with Crippen molar-refractivity contribution < 1.29 is 14.8 Å². The molecule has 0 aliphatic rings. The molecule has 0 spiro atoms. The van der Waals surface area contributed by atoms with Crippen molar-refractivity contribution in [2.75, 3.05) is 6.54 Å². The van der Waals surface area contributed by atoms with Crippen LogP contribution in [-0.4, -0.2) is 29.6 Å². The van der Waals surface area contributed by atoms with Gasteiger partial charge in [0.2, 0.25) is 5.91 Å². The van der Waals surface area contributed by atoms with E-state index < -0.39 is 7.12 Å². The van der Waals surface area contributed by atoms with Crippen LogP contribution in [0.4, 0.5) is 0 Å². The van der Waals surface area contributed by atoms with E-state index in [1.807, 2.05) is 6.92 Å². The Labute approximate surface area is 95.4 Å². The first kappa shape index (κ1) is 12.7. The minimum Gasteiger partial charge on any atom is -0.423 e. The van der Waals surface area contributed by atoms with Crippen LogP contribution in [0.15, 0.2) is 24.3 Å². The van der Waals surface area contributed by atoms with Gasteiger partial charge >= 0.3 is 7.12 Å². The van der Waals surface area contributed by atoms with E-state index in [2.05, 4.69) is 5.32 Å². The molecular formula is C11H16BNO3. The highest BCUT2D eigenvalue weighted by Gasteiger charge is 2.10. The van der Waals surface area contributed by atoms with Gasteiger partial charge in [0, 0.05) is 6.54 Å². The van der Waals surface area contributed by atoms with Crippen LogP contribution in [0.25, 0.3) is 0 Å². The standard InChI is InChI=1S/C11H16BNO3/c1-2-7-13-11(14)8-9-3-5-10(6-4-9)12(15)16/h3-6,15-16H,2,7-8H2,1H3,(H,13,14). The van der Waals surface area contributed by atoms with E-state index in [0.29, 0.717) is 18.4 Å². The number of carbonyl (C=O) groups excluding carboxylic acids is 1. The second kappa shape index (κ2) is 6.30. The fourth-order valence-electron chi connectivity index (χ4n) is 1.32. The lowest BCUT2D eigenvalue weighted by Gasteiger charge is -2.04. The maximum atomic E-state index is 11.4. The molecule has 0 atom stereocenters. The Morgan fingerprint density at radius 2 is 1.94 bits per heavy atom. The van der Waals surface area contributed by atoms with Gasteiger partial charge in [0.05, 0.1) is 6.42 Å². The van der Waals surface area contributed by atoms with E-state index in [1.165, 1.54) is 0 Å². The number of hydrogen-bond acceptors (Lipinski definition) is 3. The highest BCUT2D eigenvalue weighted by molar-refractivity contribution is 6.58. The minimum absolute atomic E-state index is 0.0147. The summed E-state index contributed by atoms with van der Waals surface area (Å²) in [5.41, 5.74) is 1.29. The molecule has 1 rings (SSSR count). The molecule has 0 heterocycles. The monoisotopic (exact) mass is 221 g/mol. The average Bonchev–Trinajstić information content (AvgIpc) is 2.27. The molecule has 1 amide bonds. The van der Waals surface area contributed by atoms with Crippen molar-refractivity contribution in [3.05, 3.63) is 29.8 Å². The smallest absolute Gasteiger partial charge is 0.423 e. The third-order valence-electron chi connectivity index (χ3n) is 2.21. The molecule has 0 saturated heterocycles. The van der Waals surface area contributed by atoms with E-state index in [9.17, 15) is 4.79 Å². The maximum absolute atomic E-state index is 11.4. The fourth-order valence-corrected chi connectivity index (χ4v) is 1.32. The van der Waals surface area contributed by atoms with Crippen molar-refractivity contribution in [2.45, 2.75) is 19.8 Å². The second-order valence-electron chi connectivity index (χ2n) is 3.64. The Morgan fingerprint density at radius 3 is 2.44 bits per heavy atom. The molecule has 0 fully saturated rings. The van der Waals surface area contributed by atoms with Crippen molar-refractivity contribution >= 4 is 18.5 Å². The molecule has 0 aromatic heterocycles. The summed E-state index contributed by atoms with van der Waals surface area (Å²) in [6.07, 6.45) is 1.24. The van der Waals surface area contributed by atoms with E-state index in [0.717, 1.165) is 12.0 Å². The van der Waals surface area contributed by atoms with Gasteiger partial charge in [0.1, 0.15) is 0 Å². The van der Waals surface area contributed by atoms with Gasteiger partial charge in [-0.05, 0) is 17.4 Å². The molecule has 86 valence electrons. The first-order valence-corrected chi connectivity index (χ1v) is 5.35. The van der Waals surface area contributed by atoms with Crippen molar-refractivity contribution in [1.29, 1.82) is 0 Å². The molecule has 3 N–H and O–H groups in total. The molecule has 0 bridgehead atoms. The lowest BCUT2D eigenvalue weighted by atomic mass is 9.80. The predicted octanol–water partition coefficient (Wildman–Crippen LogP) is -0.565. The summed E-state index contributed by atoms with van der Waals surface area (Å²) in [4.78, 5) is 11.4. The zero-order valence-corrected chi connectivity index (χ0v) is 9.31. The van der Waals surface area contributed by atoms with Gasteiger partial charge < -0.3 is 15.4 Å². The van der Waals surface area contributed by atoms with Gasteiger partial charge in [-0.2, -0.15) is 0 Å². The van der Waals surface area contributed by atoms with E-state index in [4.69, 9.17) is 10.0 Å². The number of carbonyl (C=O) groups is 1. The van der Waals surface area contributed by atoms with Gasteiger partial charge in [0.15, 0.2) is 0 Å². The van der Waals surface area contributed by atoms with Gasteiger partial charge in [-0.1, -0.05) is 31.2 Å². The van der Waals surface area contributed by atoms with Crippen molar-refractivity contribution in [3.63, 3.8) is 0 Å². The van der Waals surface area contributed by atoms with Crippen LogP contribution in [0, 0.1) is 0 Å². The molecule has 1 aromatic carbocycles. The Hall–Kier alpha value is -1.33. The summed E-state index contributed by atoms with van der Waals surface area (Å²) in [5.74, 6) is -0.0147. The third-order valence-corrected chi connectivity index (χ3v) is 2.21. The molecule has 0 aliphatic heterocycles. The molecular weight excluding hydrogens is 205 g/mol. The average molecular weight is 221 g/mol. The number of benzene rings is 1. The molecule has 0 aliphatic carbocycles. The lowest BCUT2D eigenvalue weighted by molar-refractivity contribution is -0.120. The molecule has 0 radical (unpaired) electrons. The fraction of sp³-hybridized carbons (Fsp3) is 0.364. The Kier molecular flexibility index (Phi) is 5.02. The van der Waals surface area contributed by atoms with E-state index >= 15 is 0 Å². The van der Waals surface area contributed by atoms with Crippen LogP contribution >= 0.6 is 0 Å². The largest absolute Gasteiger partial charge is 0.488 e. The minimum atomic E-state index is -1.46. The third kappa shape index (κ3) is 4.04. The Morgan fingerprint density at radius 1 is 1.31 bits per heavy atom. The van der Waals surface area contributed by atoms with Crippen molar-refractivity contribution in [2.24, 2.45) is 0 Å². The van der Waals surface area contributed by atoms with Gasteiger partial charge in [-0.3, -0.25) is 4.79 Å². The SMILES string of the molecule is CCCNC(=O)Cc1ccc(B(O)O)cc1. The first-order valence-electron chi connectivity index (χ1n) is 5.35. The van der Waals surface area contributed by atoms with Gasteiger partial charge in [0.25, 0.3) is 0 Å². The zero-order valence-electron chi connectivity index (χ0n) is 9.31. The summed E-state index contributed by atoms with van der Waals surface area (Å²) in [5, 5.41) is 20.6. The van der Waals surface area contributed by atoms with Crippen molar-refractivity contribution in [1.82, 2.24) is 5.32 Å². The van der Waals surface area contributed by atoms with Crippen LogP contribution in [0.3, 0.4) is 0 Å². The van der Waals surface area contributed by atoms with Crippen LogP contribution in [0.2, 0.25) is 0 Å². The molecule has 0 saturated carbocycles. The predicted molar refractivity (Wildman–Crippen MR) is 63.3 cm³/mol. The summed E-state index contributed by atoms with van der Waals surface area (Å²) >= 11 is 0. The number of nitrogens with one attached hydrogen (secondary N) is 1. The molecule has 16 heavy (non-hydrogen) atoms.